The van der Waals surface area contributed by atoms with Crippen molar-refractivity contribution in [2.75, 3.05) is 19.6 Å². The molecule has 2 heterocycles. The highest BCUT2D eigenvalue weighted by Crippen LogP contribution is 2.37. The van der Waals surface area contributed by atoms with Crippen molar-refractivity contribution < 1.29 is 4.39 Å². The Bertz CT molecular complexity index is 316. The minimum absolute atomic E-state index is 0.591. The third-order valence-corrected chi connectivity index (χ3v) is 4.04. The van der Waals surface area contributed by atoms with Crippen molar-refractivity contribution in [1.29, 1.82) is 0 Å². The van der Waals surface area contributed by atoms with Crippen LogP contribution in [-0.4, -0.2) is 29.5 Å². The highest BCUT2D eigenvalue weighted by atomic mass is 32.1. The normalized spacial score (nSPS) is 21.5. The lowest BCUT2D eigenvalue weighted by Crippen LogP contribution is -2.41. The molecule has 1 aromatic rings. The molecule has 16 heavy (non-hydrogen) atoms. The third-order valence-electron chi connectivity index (χ3n) is 3.09. The molecule has 1 saturated heterocycles. The number of hydrogen-bond acceptors (Lipinski definition) is 3. The van der Waals surface area contributed by atoms with Crippen LogP contribution in [0.5, 0.6) is 0 Å². The molecule has 0 unspecified atom stereocenters. The molecule has 0 atom stereocenters. The Kier molecular flexibility index (Phi) is 3.60. The molecule has 0 saturated carbocycles. The fourth-order valence-corrected chi connectivity index (χ4v) is 3.05. The molecule has 0 aromatic carbocycles. The number of thiazole rings is 1. The lowest BCUT2D eigenvalue weighted by atomic mass is 9.93. The molecule has 0 bridgehead atoms. The van der Waals surface area contributed by atoms with Gasteiger partial charge in [-0.05, 0) is 5.92 Å². The van der Waals surface area contributed by atoms with Gasteiger partial charge in [-0.2, -0.15) is 0 Å². The molecule has 2 nitrogen and oxygen atoms in total. The third kappa shape index (κ3) is 2.61. The van der Waals surface area contributed by atoms with Gasteiger partial charge in [0.15, 0.2) is 5.67 Å². The maximum absolute atomic E-state index is 14.6. The number of rotatable bonds is 3. The van der Waals surface area contributed by atoms with Gasteiger partial charge >= 0.3 is 0 Å². The number of nitrogens with zero attached hydrogens (tertiary/aromatic N) is 2. The van der Waals surface area contributed by atoms with E-state index in [4.69, 9.17) is 0 Å². The molecule has 0 spiro atoms. The van der Waals surface area contributed by atoms with Gasteiger partial charge in [0, 0.05) is 44.1 Å². The van der Waals surface area contributed by atoms with Crippen molar-refractivity contribution in [3.8, 4) is 0 Å². The zero-order chi connectivity index (χ0) is 11.6. The highest BCUT2D eigenvalue weighted by molar-refractivity contribution is 7.09. The molecule has 0 N–H and O–H groups in total. The summed E-state index contributed by atoms with van der Waals surface area (Å²) in [6.07, 6.45) is 2.88. The van der Waals surface area contributed by atoms with E-state index in [9.17, 15) is 4.39 Å². The zero-order valence-electron chi connectivity index (χ0n) is 9.95. The number of aromatic nitrogens is 1. The summed E-state index contributed by atoms with van der Waals surface area (Å²) in [4.78, 5) is 6.48. The fraction of sp³-hybridized carbons (Fsp3) is 0.750. The molecular weight excluding hydrogens is 223 g/mol. The summed E-state index contributed by atoms with van der Waals surface area (Å²) >= 11 is 1.44. The first-order chi connectivity index (χ1) is 7.60. The van der Waals surface area contributed by atoms with Gasteiger partial charge in [-0.25, -0.2) is 9.37 Å². The number of halogens is 1. The van der Waals surface area contributed by atoms with Crippen LogP contribution in [0.3, 0.4) is 0 Å². The zero-order valence-corrected chi connectivity index (χ0v) is 10.8. The van der Waals surface area contributed by atoms with Crippen LogP contribution in [-0.2, 0) is 5.67 Å². The number of alkyl halides is 1. The molecule has 4 heteroatoms. The summed E-state index contributed by atoms with van der Waals surface area (Å²) < 4.78 is 14.6. The van der Waals surface area contributed by atoms with E-state index < -0.39 is 5.67 Å². The largest absolute Gasteiger partial charge is 0.303 e. The summed E-state index contributed by atoms with van der Waals surface area (Å²) in [6, 6.07) is 0. The van der Waals surface area contributed by atoms with Crippen molar-refractivity contribution >= 4 is 11.3 Å². The van der Waals surface area contributed by atoms with Gasteiger partial charge in [0.05, 0.1) is 0 Å². The molecule has 0 amide bonds. The van der Waals surface area contributed by atoms with Crippen LogP contribution in [0.25, 0.3) is 0 Å². The van der Waals surface area contributed by atoms with Crippen LogP contribution in [0.4, 0.5) is 4.39 Å². The molecule has 1 fully saturated rings. The molecule has 1 aromatic heterocycles. The Hall–Kier alpha value is -0.480. The highest BCUT2D eigenvalue weighted by Gasteiger charge is 2.38. The Morgan fingerprint density at radius 1 is 1.50 bits per heavy atom. The van der Waals surface area contributed by atoms with Crippen LogP contribution in [0.2, 0.25) is 0 Å². The average Bonchev–Trinajstić information content (AvgIpc) is 2.75. The fourth-order valence-electron chi connectivity index (χ4n) is 2.27. The number of piperidine rings is 1. The van der Waals surface area contributed by atoms with Crippen LogP contribution in [0.1, 0.15) is 31.7 Å². The van der Waals surface area contributed by atoms with Gasteiger partial charge in [-0.1, -0.05) is 13.8 Å². The Balaban J connectivity index is 1.94. The maximum Gasteiger partial charge on any atom is 0.164 e. The van der Waals surface area contributed by atoms with Crippen LogP contribution in [0, 0.1) is 5.92 Å². The molecular formula is C12H19FN2S. The molecule has 0 radical (unpaired) electrons. The van der Waals surface area contributed by atoms with Crippen molar-refractivity contribution in [2.24, 2.45) is 5.92 Å². The van der Waals surface area contributed by atoms with E-state index in [0.717, 1.165) is 19.6 Å². The van der Waals surface area contributed by atoms with Crippen LogP contribution >= 0.6 is 11.3 Å². The van der Waals surface area contributed by atoms with Gasteiger partial charge in [0.1, 0.15) is 5.01 Å². The lowest BCUT2D eigenvalue weighted by Gasteiger charge is -2.35. The predicted octanol–water partition coefficient (Wildman–Crippen LogP) is 3.06. The molecule has 2 rings (SSSR count). The topological polar surface area (TPSA) is 16.1 Å². The minimum atomic E-state index is -1.17. The first-order valence-electron chi connectivity index (χ1n) is 5.91. The average molecular weight is 242 g/mol. The predicted molar refractivity (Wildman–Crippen MR) is 65.4 cm³/mol. The second-order valence-corrected chi connectivity index (χ2v) is 5.89. The first kappa shape index (κ1) is 12.0. The Morgan fingerprint density at radius 3 is 2.69 bits per heavy atom. The van der Waals surface area contributed by atoms with E-state index in [0.29, 0.717) is 23.8 Å². The van der Waals surface area contributed by atoms with Gasteiger partial charge in [0.25, 0.3) is 0 Å². The summed E-state index contributed by atoms with van der Waals surface area (Å²) in [5.74, 6) is 0.659. The molecule has 1 aliphatic heterocycles. The molecule has 0 aliphatic carbocycles. The van der Waals surface area contributed by atoms with Crippen LogP contribution < -0.4 is 0 Å². The van der Waals surface area contributed by atoms with Crippen molar-refractivity contribution in [3.05, 3.63) is 16.6 Å². The van der Waals surface area contributed by atoms with Crippen molar-refractivity contribution in [3.63, 3.8) is 0 Å². The van der Waals surface area contributed by atoms with Gasteiger partial charge in [-0.3, -0.25) is 0 Å². The van der Waals surface area contributed by atoms with Crippen molar-refractivity contribution in [1.82, 2.24) is 9.88 Å². The second kappa shape index (κ2) is 4.80. The van der Waals surface area contributed by atoms with E-state index in [-0.39, 0.29) is 0 Å². The first-order valence-corrected chi connectivity index (χ1v) is 6.79. The van der Waals surface area contributed by atoms with Crippen molar-refractivity contribution in [2.45, 2.75) is 32.4 Å². The van der Waals surface area contributed by atoms with Gasteiger partial charge < -0.3 is 4.90 Å². The lowest BCUT2D eigenvalue weighted by molar-refractivity contribution is 0.0508. The Morgan fingerprint density at radius 2 is 2.19 bits per heavy atom. The quantitative estimate of drug-likeness (QED) is 0.810. The summed E-state index contributed by atoms with van der Waals surface area (Å²) in [5, 5.41) is 2.52. The summed E-state index contributed by atoms with van der Waals surface area (Å²) in [7, 11) is 0. The Labute approximate surface area is 100 Å². The number of hydrogen-bond donors (Lipinski definition) is 0. The minimum Gasteiger partial charge on any atom is -0.303 e. The van der Waals surface area contributed by atoms with E-state index in [1.54, 1.807) is 6.20 Å². The van der Waals surface area contributed by atoms with Gasteiger partial charge in [0.2, 0.25) is 0 Å². The second-order valence-electron chi connectivity index (χ2n) is 5.00. The monoisotopic (exact) mass is 242 g/mol. The molecule has 1 aliphatic rings. The smallest absolute Gasteiger partial charge is 0.164 e. The summed E-state index contributed by atoms with van der Waals surface area (Å²) in [6.45, 7) is 7.20. The summed E-state index contributed by atoms with van der Waals surface area (Å²) in [5.41, 5.74) is -1.17. The standard InChI is InChI=1S/C12H19FN2S/c1-10(2)9-15-6-3-12(13,4-7-15)11-14-5-8-16-11/h5,8,10H,3-4,6-7,9H2,1-2H3. The van der Waals surface area contributed by atoms with E-state index in [1.165, 1.54) is 11.3 Å². The maximum atomic E-state index is 14.6. The van der Waals surface area contributed by atoms with Crippen LogP contribution in [0.15, 0.2) is 11.6 Å². The van der Waals surface area contributed by atoms with E-state index in [1.807, 2.05) is 5.38 Å². The van der Waals surface area contributed by atoms with E-state index in [2.05, 4.69) is 23.7 Å². The SMILES string of the molecule is CC(C)CN1CCC(F)(c2nccs2)CC1. The number of likely N-dealkylation sites (tertiary alicyclic amines) is 1. The van der Waals surface area contributed by atoms with Gasteiger partial charge in [-0.15, -0.1) is 11.3 Å². The van der Waals surface area contributed by atoms with E-state index >= 15 is 0 Å². The molecule has 90 valence electrons.